The van der Waals surface area contributed by atoms with E-state index in [1.165, 1.54) is 6.07 Å². The van der Waals surface area contributed by atoms with Crippen LogP contribution < -0.4 is 5.32 Å². The number of aromatic amines is 1. The Morgan fingerprint density at radius 1 is 1.15 bits per heavy atom. The Morgan fingerprint density at radius 2 is 2.00 bits per heavy atom. The highest BCUT2D eigenvalue weighted by Gasteiger charge is 2.13. The van der Waals surface area contributed by atoms with E-state index in [0.717, 1.165) is 23.0 Å². The number of hydrogen-bond acceptors (Lipinski definition) is 1. The maximum Gasteiger partial charge on any atom is 0.128 e. The summed E-state index contributed by atoms with van der Waals surface area (Å²) < 4.78 is 13.9. The molecule has 1 aromatic heterocycles. The number of nitrogens with one attached hydrogen (secondary N) is 2. The third kappa shape index (κ3) is 2.39. The molecule has 20 heavy (non-hydrogen) atoms. The molecule has 1 unspecified atom stereocenters. The van der Waals surface area contributed by atoms with Crippen LogP contribution in [0.15, 0.2) is 54.7 Å². The van der Waals surface area contributed by atoms with E-state index < -0.39 is 0 Å². The fourth-order valence-electron chi connectivity index (χ4n) is 2.50. The average Bonchev–Trinajstić information content (AvgIpc) is 2.93. The molecule has 0 amide bonds. The minimum atomic E-state index is -0.158. The summed E-state index contributed by atoms with van der Waals surface area (Å²) >= 11 is 0. The minimum absolute atomic E-state index is 0.0207. The van der Waals surface area contributed by atoms with E-state index in [-0.39, 0.29) is 11.9 Å². The molecule has 0 fully saturated rings. The van der Waals surface area contributed by atoms with Gasteiger partial charge in [0.05, 0.1) is 6.04 Å². The molecule has 0 spiro atoms. The molecule has 3 rings (SSSR count). The first-order chi connectivity index (χ1) is 9.78. The topological polar surface area (TPSA) is 27.8 Å². The van der Waals surface area contributed by atoms with Gasteiger partial charge in [0.2, 0.25) is 0 Å². The Labute approximate surface area is 117 Å². The second-order valence-electron chi connectivity index (χ2n) is 4.91. The summed E-state index contributed by atoms with van der Waals surface area (Å²) in [5.41, 5.74) is 2.82. The predicted molar refractivity (Wildman–Crippen MR) is 81.4 cm³/mol. The smallest absolute Gasteiger partial charge is 0.128 e. The third-order valence-electron chi connectivity index (χ3n) is 3.58. The van der Waals surface area contributed by atoms with Crippen molar-refractivity contribution in [2.45, 2.75) is 19.4 Å². The molecule has 0 aliphatic heterocycles. The molecule has 0 aliphatic rings. The normalized spacial score (nSPS) is 12.5. The van der Waals surface area contributed by atoms with E-state index >= 15 is 0 Å². The van der Waals surface area contributed by atoms with Crippen molar-refractivity contribution in [2.24, 2.45) is 0 Å². The molecule has 3 aromatic rings. The fraction of sp³-hybridized carbons (Fsp3) is 0.176. The van der Waals surface area contributed by atoms with Gasteiger partial charge in [-0.25, -0.2) is 4.39 Å². The molecule has 2 N–H and O–H groups in total. The van der Waals surface area contributed by atoms with E-state index in [1.807, 2.05) is 36.5 Å². The predicted octanol–water partition coefficient (Wildman–Crippen LogP) is 4.87. The molecule has 0 radical (unpaired) electrons. The van der Waals surface area contributed by atoms with E-state index in [2.05, 4.69) is 23.3 Å². The van der Waals surface area contributed by atoms with Gasteiger partial charge in [0.25, 0.3) is 0 Å². The molecule has 0 saturated heterocycles. The van der Waals surface area contributed by atoms with Crippen LogP contribution >= 0.6 is 0 Å². The quantitative estimate of drug-likeness (QED) is 0.694. The summed E-state index contributed by atoms with van der Waals surface area (Å²) in [7, 11) is 0. The number of anilines is 1. The van der Waals surface area contributed by atoms with Crippen molar-refractivity contribution in [2.75, 3.05) is 5.32 Å². The monoisotopic (exact) mass is 268 g/mol. The van der Waals surface area contributed by atoms with Crippen molar-refractivity contribution < 1.29 is 4.39 Å². The van der Waals surface area contributed by atoms with Crippen molar-refractivity contribution in [3.8, 4) is 0 Å². The van der Waals surface area contributed by atoms with E-state index in [1.54, 1.807) is 6.07 Å². The zero-order valence-corrected chi connectivity index (χ0v) is 11.4. The number of fused-ring (bicyclic) bond motifs is 1. The van der Waals surface area contributed by atoms with Crippen LogP contribution in [0.4, 0.5) is 10.1 Å². The van der Waals surface area contributed by atoms with Crippen molar-refractivity contribution in [1.82, 2.24) is 4.98 Å². The number of hydrogen-bond donors (Lipinski definition) is 2. The Balaban J connectivity index is 1.89. The van der Waals surface area contributed by atoms with Crippen LogP contribution in [0.5, 0.6) is 0 Å². The van der Waals surface area contributed by atoms with Gasteiger partial charge < -0.3 is 10.3 Å². The molecule has 0 aliphatic carbocycles. The lowest BCUT2D eigenvalue weighted by Crippen LogP contribution is -2.11. The first kappa shape index (κ1) is 12.7. The number of rotatable bonds is 4. The average molecular weight is 268 g/mol. The van der Waals surface area contributed by atoms with Crippen LogP contribution in [0.25, 0.3) is 10.9 Å². The van der Waals surface area contributed by atoms with Gasteiger partial charge in [-0.2, -0.15) is 0 Å². The fourth-order valence-corrected chi connectivity index (χ4v) is 2.50. The van der Waals surface area contributed by atoms with Gasteiger partial charge in [-0.15, -0.1) is 0 Å². The highest BCUT2D eigenvalue weighted by atomic mass is 19.1. The number of H-pyrrole nitrogens is 1. The Kier molecular flexibility index (Phi) is 3.42. The highest BCUT2D eigenvalue weighted by molar-refractivity contribution is 5.83. The summed E-state index contributed by atoms with van der Waals surface area (Å²) in [6, 6.07) is 15.1. The zero-order chi connectivity index (χ0) is 13.9. The van der Waals surface area contributed by atoms with Crippen LogP contribution in [-0.2, 0) is 0 Å². The SMILES string of the molecule is CCC(Nc1ccc2[nH]ccc2c1)c1ccccc1F. The van der Waals surface area contributed by atoms with Crippen molar-refractivity contribution in [3.63, 3.8) is 0 Å². The molecule has 102 valence electrons. The lowest BCUT2D eigenvalue weighted by Gasteiger charge is -2.19. The second-order valence-corrected chi connectivity index (χ2v) is 4.91. The Bertz CT molecular complexity index is 718. The van der Waals surface area contributed by atoms with Gasteiger partial charge in [0, 0.05) is 28.4 Å². The van der Waals surface area contributed by atoms with E-state index in [9.17, 15) is 4.39 Å². The van der Waals surface area contributed by atoms with Crippen LogP contribution in [0, 0.1) is 5.82 Å². The third-order valence-corrected chi connectivity index (χ3v) is 3.58. The Morgan fingerprint density at radius 3 is 2.80 bits per heavy atom. The lowest BCUT2D eigenvalue weighted by molar-refractivity contribution is 0.587. The van der Waals surface area contributed by atoms with Gasteiger partial charge in [-0.05, 0) is 36.8 Å². The summed E-state index contributed by atoms with van der Waals surface area (Å²) in [6.07, 6.45) is 2.74. The molecule has 1 heterocycles. The number of aromatic nitrogens is 1. The standard InChI is InChI=1S/C17H17FN2/c1-2-16(14-5-3-4-6-15(14)18)20-13-7-8-17-12(11-13)9-10-19-17/h3-11,16,19-20H,2H2,1H3. The largest absolute Gasteiger partial charge is 0.378 e. The number of halogens is 1. The highest BCUT2D eigenvalue weighted by Crippen LogP contribution is 2.26. The van der Waals surface area contributed by atoms with Crippen LogP contribution in [0.1, 0.15) is 24.9 Å². The molecular formula is C17H17FN2. The lowest BCUT2D eigenvalue weighted by atomic mass is 10.0. The van der Waals surface area contributed by atoms with Gasteiger partial charge in [0.15, 0.2) is 0 Å². The number of benzene rings is 2. The van der Waals surface area contributed by atoms with Gasteiger partial charge in [0.1, 0.15) is 5.82 Å². The van der Waals surface area contributed by atoms with Crippen molar-refractivity contribution in [3.05, 3.63) is 66.1 Å². The molecule has 1 atom stereocenters. The zero-order valence-electron chi connectivity index (χ0n) is 11.4. The summed E-state index contributed by atoms with van der Waals surface area (Å²) in [5, 5.41) is 4.57. The molecule has 2 aromatic carbocycles. The van der Waals surface area contributed by atoms with Crippen LogP contribution in [0.2, 0.25) is 0 Å². The van der Waals surface area contributed by atoms with E-state index in [4.69, 9.17) is 0 Å². The first-order valence-corrected chi connectivity index (χ1v) is 6.86. The Hall–Kier alpha value is -2.29. The van der Waals surface area contributed by atoms with Crippen LogP contribution in [0.3, 0.4) is 0 Å². The second kappa shape index (κ2) is 5.37. The molecule has 0 bridgehead atoms. The summed E-state index contributed by atoms with van der Waals surface area (Å²) in [5.74, 6) is -0.158. The maximum atomic E-state index is 13.9. The van der Waals surface area contributed by atoms with Crippen molar-refractivity contribution in [1.29, 1.82) is 0 Å². The van der Waals surface area contributed by atoms with Crippen LogP contribution in [-0.4, -0.2) is 4.98 Å². The molecular weight excluding hydrogens is 251 g/mol. The molecule has 2 nitrogen and oxygen atoms in total. The minimum Gasteiger partial charge on any atom is -0.378 e. The van der Waals surface area contributed by atoms with Gasteiger partial charge in [-0.1, -0.05) is 25.1 Å². The molecule has 3 heteroatoms. The first-order valence-electron chi connectivity index (χ1n) is 6.86. The summed E-state index contributed by atoms with van der Waals surface area (Å²) in [4.78, 5) is 3.17. The summed E-state index contributed by atoms with van der Waals surface area (Å²) in [6.45, 7) is 2.05. The maximum absolute atomic E-state index is 13.9. The molecule has 0 saturated carbocycles. The van der Waals surface area contributed by atoms with E-state index in [0.29, 0.717) is 5.56 Å². The van der Waals surface area contributed by atoms with Crippen molar-refractivity contribution >= 4 is 16.6 Å². The van der Waals surface area contributed by atoms with Gasteiger partial charge >= 0.3 is 0 Å². The van der Waals surface area contributed by atoms with Gasteiger partial charge in [-0.3, -0.25) is 0 Å².